The number of nitrogens with one attached hydrogen (secondary N) is 1. The van der Waals surface area contributed by atoms with Crippen molar-refractivity contribution in [1.82, 2.24) is 4.98 Å². The molecule has 0 radical (unpaired) electrons. The van der Waals surface area contributed by atoms with E-state index in [-0.39, 0.29) is 6.61 Å². The summed E-state index contributed by atoms with van der Waals surface area (Å²) in [5.74, 6) is 0. The second-order valence-corrected chi connectivity index (χ2v) is 3.96. The van der Waals surface area contributed by atoms with Gasteiger partial charge in [-0.05, 0) is 30.3 Å². The van der Waals surface area contributed by atoms with Crippen LogP contribution in [0.3, 0.4) is 0 Å². The molecule has 14 heavy (non-hydrogen) atoms. The van der Waals surface area contributed by atoms with Gasteiger partial charge in [0.25, 0.3) is 0 Å². The van der Waals surface area contributed by atoms with Crippen molar-refractivity contribution in [1.29, 1.82) is 0 Å². The quantitative estimate of drug-likeness (QED) is 0.846. The average Bonchev–Trinajstić information content (AvgIpc) is 2.56. The van der Waals surface area contributed by atoms with Crippen molar-refractivity contribution in [2.75, 3.05) is 6.61 Å². The zero-order valence-electron chi connectivity index (χ0n) is 7.50. The highest BCUT2D eigenvalue weighted by Gasteiger charge is 1.97. The molecule has 0 saturated heterocycles. The summed E-state index contributed by atoms with van der Waals surface area (Å²) in [7, 11) is 0. The molecule has 2 rings (SSSR count). The SMILES string of the molecule is OC/C=C/c1cc2cc(Br)ccc2[nH]1. The van der Waals surface area contributed by atoms with E-state index in [1.165, 1.54) is 0 Å². The first kappa shape index (κ1) is 9.49. The van der Waals surface area contributed by atoms with Gasteiger partial charge in [-0.15, -0.1) is 0 Å². The molecule has 0 spiro atoms. The normalized spacial score (nSPS) is 11.6. The Bertz CT molecular complexity index is 473. The summed E-state index contributed by atoms with van der Waals surface area (Å²) >= 11 is 3.42. The van der Waals surface area contributed by atoms with Gasteiger partial charge in [0.2, 0.25) is 0 Å². The third-order valence-electron chi connectivity index (χ3n) is 2.01. The van der Waals surface area contributed by atoms with Crippen LogP contribution in [0.1, 0.15) is 5.69 Å². The number of fused-ring (bicyclic) bond motifs is 1. The minimum atomic E-state index is 0.0685. The van der Waals surface area contributed by atoms with Crippen LogP contribution in [0.5, 0.6) is 0 Å². The van der Waals surface area contributed by atoms with Crippen LogP contribution in [0.25, 0.3) is 17.0 Å². The first-order valence-electron chi connectivity index (χ1n) is 4.35. The van der Waals surface area contributed by atoms with Gasteiger partial charge in [0.1, 0.15) is 0 Å². The lowest BCUT2D eigenvalue weighted by Gasteiger charge is -1.89. The van der Waals surface area contributed by atoms with E-state index in [9.17, 15) is 0 Å². The maximum absolute atomic E-state index is 8.64. The largest absolute Gasteiger partial charge is 0.392 e. The molecule has 1 aromatic carbocycles. The Kier molecular flexibility index (Phi) is 2.70. The summed E-state index contributed by atoms with van der Waals surface area (Å²) in [5.41, 5.74) is 2.11. The summed E-state index contributed by atoms with van der Waals surface area (Å²) in [6.07, 6.45) is 3.58. The topological polar surface area (TPSA) is 36.0 Å². The molecule has 0 saturated carbocycles. The number of aliphatic hydroxyl groups excluding tert-OH is 1. The van der Waals surface area contributed by atoms with E-state index >= 15 is 0 Å². The minimum absolute atomic E-state index is 0.0685. The fourth-order valence-corrected chi connectivity index (χ4v) is 1.77. The van der Waals surface area contributed by atoms with Crippen molar-refractivity contribution in [3.05, 3.63) is 40.5 Å². The van der Waals surface area contributed by atoms with E-state index in [1.807, 2.05) is 24.3 Å². The van der Waals surface area contributed by atoms with Gasteiger partial charge in [0, 0.05) is 21.1 Å². The Morgan fingerprint density at radius 1 is 1.36 bits per heavy atom. The number of halogens is 1. The zero-order chi connectivity index (χ0) is 9.97. The molecule has 1 heterocycles. The Labute approximate surface area is 90.4 Å². The molecule has 0 aliphatic carbocycles. The third-order valence-corrected chi connectivity index (χ3v) is 2.50. The second-order valence-electron chi connectivity index (χ2n) is 3.04. The van der Waals surface area contributed by atoms with Crippen molar-refractivity contribution in [3.8, 4) is 0 Å². The number of aromatic nitrogens is 1. The molecule has 0 fully saturated rings. The molecule has 0 bridgehead atoms. The van der Waals surface area contributed by atoms with Gasteiger partial charge in [-0.3, -0.25) is 0 Å². The molecule has 0 unspecified atom stereocenters. The minimum Gasteiger partial charge on any atom is -0.392 e. The maximum atomic E-state index is 8.64. The third kappa shape index (κ3) is 1.89. The first-order valence-corrected chi connectivity index (χ1v) is 5.14. The number of aromatic amines is 1. The van der Waals surface area contributed by atoms with Crippen LogP contribution < -0.4 is 0 Å². The van der Waals surface area contributed by atoms with E-state index in [2.05, 4.69) is 27.0 Å². The Balaban J connectivity index is 2.46. The van der Waals surface area contributed by atoms with Crippen molar-refractivity contribution in [2.45, 2.75) is 0 Å². The van der Waals surface area contributed by atoms with Crippen LogP contribution in [-0.4, -0.2) is 16.7 Å². The van der Waals surface area contributed by atoms with Gasteiger partial charge in [0.05, 0.1) is 6.61 Å². The molecule has 0 atom stereocenters. The Hall–Kier alpha value is -1.06. The Morgan fingerprint density at radius 2 is 2.21 bits per heavy atom. The Morgan fingerprint density at radius 3 is 3.00 bits per heavy atom. The number of benzene rings is 1. The van der Waals surface area contributed by atoms with E-state index in [0.717, 1.165) is 21.1 Å². The van der Waals surface area contributed by atoms with Crippen molar-refractivity contribution in [3.63, 3.8) is 0 Å². The summed E-state index contributed by atoms with van der Waals surface area (Å²) in [6.45, 7) is 0.0685. The summed E-state index contributed by atoms with van der Waals surface area (Å²) < 4.78 is 1.07. The monoisotopic (exact) mass is 251 g/mol. The highest BCUT2D eigenvalue weighted by Crippen LogP contribution is 2.20. The van der Waals surface area contributed by atoms with E-state index in [0.29, 0.717) is 0 Å². The lowest BCUT2D eigenvalue weighted by Crippen LogP contribution is -1.72. The highest BCUT2D eigenvalue weighted by molar-refractivity contribution is 9.10. The van der Waals surface area contributed by atoms with Gasteiger partial charge in [0.15, 0.2) is 0 Å². The van der Waals surface area contributed by atoms with Crippen LogP contribution in [0.15, 0.2) is 34.8 Å². The molecule has 2 nitrogen and oxygen atoms in total. The zero-order valence-corrected chi connectivity index (χ0v) is 9.08. The molecule has 0 aliphatic rings. The van der Waals surface area contributed by atoms with Crippen LogP contribution in [0.4, 0.5) is 0 Å². The molecule has 0 aliphatic heterocycles. The molecular weight excluding hydrogens is 242 g/mol. The van der Waals surface area contributed by atoms with Gasteiger partial charge >= 0.3 is 0 Å². The standard InChI is InChI=1S/C11H10BrNO/c12-9-3-4-11-8(6-9)7-10(13-11)2-1-5-14/h1-4,6-7,13-14H,5H2/b2-1+. The van der Waals surface area contributed by atoms with Gasteiger partial charge in [-0.1, -0.05) is 22.0 Å². The van der Waals surface area contributed by atoms with Crippen molar-refractivity contribution >= 4 is 32.9 Å². The molecule has 2 N–H and O–H groups in total. The second kappa shape index (κ2) is 3.98. The average molecular weight is 252 g/mol. The molecule has 72 valence electrons. The van der Waals surface area contributed by atoms with E-state index in [4.69, 9.17) is 5.11 Å². The summed E-state index contributed by atoms with van der Waals surface area (Å²) in [6, 6.07) is 8.13. The van der Waals surface area contributed by atoms with Crippen molar-refractivity contribution < 1.29 is 5.11 Å². The first-order chi connectivity index (χ1) is 6.79. The maximum Gasteiger partial charge on any atom is 0.0616 e. The van der Waals surface area contributed by atoms with Crippen LogP contribution in [0.2, 0.25) is 0 Å². The fraction of sp³-hybridized carbons (Fsp3) is 0.0909. The lowest BCUT2D eigenvalue weighted by molar-refractivity contribution is 0.343. The van der Waals surface area contributed by atoms with Crippen molar-refractivity contribution in [2.24, 2.45) is 0 Å². The van der Waals surface area contributed by atoms with E-state index < -0.39 is 0 Å². The highest BCUT2D eigenvalue weighted by atomic mass is 79.9. The number of rotatable bonds is 2. The fourth-order valence-electron chi connectivity index (χ4n) is 1.40. The van der Waals surface area contributed by atoms with Crippen LogP contribution >= 0.6 is 15.9 Å². The van der Waals surface area contributed by atoms with Gasteiger partial charge in [-0.25, -0.2) is 0 Å². The molecular formula is C11H10BrNO. The van der Waals surface area contributed by atoms with Gasteiger partial charge < -0.3 is 10.1 Å². The lowest BCUT2D eigenvalue weighted by atomic mass is 10.2. The number of hydrogen-bond acceptors (Lipinski definition) is 1. The summed E-state index contributed by atoms with van der Waals surface area (Å²) in [5, 5.41) is 9.80. The predicted octanol–water partition coefficient (Wildman–Crippen LogP) is 2.94. The van der Waals surface area contributed by atoms with Crippen LogP contribution in [-0.2, 0) is 0 Å². The van der Waals surface area contributed by atoms with Gasteiger partial charge in [-0.2, -0.15) is 0 Å². The predicted molar refractivity (Wildman–Crippen MR) is 62.1 cm³/mol. The number of hydrogen-bond donors (Lipinski definition) is 2. The molecule has 0 amide bonds. The smallest absolute Gasteiger partial charge is 0.0616 e. The summed E-state index contributed by atoms with van der Waals surface area (Å²) in [4.78, 5) is 3.24. The van der Waals surface area contributed by atoms with E-state index in [1.54, 1.807) is 6.08 Å². The number of aliphatic hydroxyl groups is 1. The molecule has 3 heteroatoms. The van der Waals surface area contributed by atoms with Crippen LogP contribution in [0, 0.1) is 0 Å². The number of H-pyrrole nitrogens is 1. The molecule has 2 aromatic rings. The molecule has 1 aromatic heterocycles.